The Balaban J connectivity index is 1.26. The van der Waals surface area contributed by atoms with Crippen LogP contribution in [0.3, 0.4) is 0 Å². The van der Waals surface area contributed by atoms with Gasteiger partial charge in [0.1, 0.15) is 24.5 Å². The molecule has 16 nitrogen and oxygen atoms in total. The molecule has 3 heterocycles. The fourth-order valence-electron chi connectivity index (χ4n) is 5.91. The lowest BCUT2D eigenvalue weighted by Crippen LogP contribution is -2.43. The van der Waals surface area contributed by atoms with Crippen molar-refractivity contribution >= 4 is 23.9 Å². The summed E-state index contributed by atoms with van der Waals surface area (Å²) < 4.78 is 31.2. The largest absolute Gasteiger partial charge is 0.459 e. The van der Waals surface area contributed by atoms with E-state index in [1.54, 1.807) is 112 Å². The number of hydrogen-bond acceptors (Lipinski definition) is 13. The van der Waals surface area contributed by atoms with Gasteiger partial charge in [0.05, 0.1) is 41.4 Å². The molecule has 0 N–H and O–H groups in total. The number of hydrogen-bond donors (Lipinski definition) is 0. The maximum atomic E-state index is 13.5. The molecule has 1 aliphatic rings. The lowest BCUT2D eigenvalue weighted by Gasteiger charge is -2.24. The van der Waals surface area contributed by atoms with Crippen molar-refractivity contribution in [3.63, 3.8) is 0 Å². The fourth-order valence-corrected chi connectivity index (χ4v) is 5.91. The van der Waals surface area contributed by atoms with Crippen LogP contribution in [0.5, 0.6) is 0 Å². The smallest absolute Gasteiger partial charge is 0.338 e. The van der Waals surface area contributed by atoms with Gasteiger partial charge >= 0.3 is 29.6 Å². The first kappa shape index (κ1) is 40.0. The number of aryl methyl sites for hydroxylation is 1. The van der Waals surface area contributed by atoms with Gasteiger partial charge in [-0.15, -0.1) is 0 Å². The standard InChI is InChI=1S/C41H41N5O11/c1-26-21-44(40(52)45(35(26)47)25-54-39(51)41(2,3)4)22-30-20-42-46(43-30)23-31-33(56-37(49)28-16-10-6-11-17-28)34(57-38(50)29-18-12-7-13-19-29)32(55-31)24-53-36(48)27-14-8-5-9-15-27/h5-21,31-34H,22-25H2,1-4H3/t31-,32-,33-,34-/m1/s1. The second kappa shape index (κ2) is 17.4. The van der Waals surface area contributed by atoms with E-state index in [-0.39, 0.29) is 36.4 Å². The van der Waals surface area contributed by atoms with Crippen LogP contribution in [0.2, 0.25) is 0 Å². The first-order valence-corrected chi connectivity index (χ1v) is 18.1. The summed E-state index contributed by atoms with van der Waals surface area (Å²) in [5.74, 6) is -2.67. The Morgan fingerprint density at radius 1 is 0.737 bits per heavy atom. The SMILES string of the molecule is Cc1cn(Cc2cnn(C[C@H]3O[C@H](COC(=O)c4ccccc4)[C@@H](OC(=O)c4ccccc4)[C@@H]3OC(=O)c3ccccc3)n2)c(=O)n(COC(=O)C(C)(C)C)c1=O. The zero-order valence-corrected chi connectivity index (χ0v) is 31.7. The fraction of sp³-hybridized carbons (Fsp3) is 0.317. The van der Waals surface area contributed by atoms with E-state index < -0.39 is 71.7 Å². The quantitative estimate of drug-likeness (QED) is 0.125. The number of esters is 4. The summed E-state index contributed by atoms with van der Waals surface area (Å²) in [4.78, 5) is 79.7. The van der Waals surface area contributed by atoms with Crippen molar-refractivity contribution in [3.05, 3.63) is 152 Å². The third-order valence-corrected chi connectivity index (χ3v) is 8.90. The predicted molar refractivity (Wildman–Crippen MR) is 201 cm³/mol. The van der Waals surface area contributed by atoms with Crippen LogP contribution in [0.1, 0.15) is 63.1 Å². The third-order valence-electron chi connectivity index (χ3n) is 8.90. The zero-order valence-electron chi connectivity index (χ0n) is 31.7. The van der Waals surface area contributed by atoms with Crippen molar-refractivity contribution in [3.8, 4) is 0 Å². The normalized spacial score (nSPS) is 17.8. The summed E-state index contributed by atoms with van der Waals surface area (Å²) >= 11 is 0. The van der Waals surface area contributed by atoms with Gasteiger partial charge in [-0.3, -0.25) is 14.2 Å². The highest BCUT2D eigenvalue weighted by Crippen LogP contribution is 2.30. The Morgan fingerprint density at radius 2 is 1.26 bits per heavy atom. The molecular formula is C41H41N5O11. The van der Waals surface area contributed by atoms with E-state index in [0.717, 1.165) is 4.57 Å². The minimum absolute atomic E-state index is 0.111. The Bertz CT molecular complexity index is 2330. The summed E-state index contributed by atoms with van der Waals surface area (Å²) in [6.45, 7) is 5.31. The number of benzene rings is 3. The Kier molecular flexibility index (Phi) is 12.2. The molecule has 0 spiro atoms. The number of nitrogens with zero attached hydrogens (tertiary/aromatic N) is 5. The molecule has 0 amide bonds. The lowest BCUT2D eigenvalue weighted by atomic mass is 9.98. The molecule has 6 rings (SSSR count). The number of carbonyl (C=O) groups excluding carboxylic acids is 4. The molecule has 0 bridgehead atoms. The van der Waals surface area contributed by atoms with Crippen LogP contribution in [-0.2, 0) is 48.3 Å². The van der Waals surface area contributed by atoms with E-state index in [4.69, 9.17) is 23.7 Å². The van der Waals surface area contributed by atoms with Gasteiger partial charge in [-0.05, 0) is 64.1 Å². The van der Waals surface area contributed by atoms with Crippen molar-refractivity contribution in [2.45, 2.75) is 71.9 Å². The van der Waals surface area contributed by atoms with Gasteiger partial charge in [-0.1, -0.05) is 54.6 Å². The summed E-state index contributed by atoms with van der Waals surface area (Å²) in [6.07, 6.45) is -1.82. The summed E-state index contributed by atoms with van der Waals surface area (Å²) in [6, 6.07) is 24.7. The van der Waals surface area contributed by atoms with Crippen molar-refractivity contribution < 1.29 is 42.9 Å². The third kappa shape index (κ3) is 9.77. The highest BCUT2D eigenvalue weighted by atomic mass is 16.7. The molecular weight excluding hydrogens is 738 g/mol. The van der Waals surface area contributed by atoms with Gasteiger partial charge in [-0.2, -0.15) is 15.0 Å². The van der Waals surface area contributed by atoms with E-state index in [9.17, 15) is 28.8 Å². The van der Waals surface area contributed by atoms with Crippen LogP contribution in [-0.4, -0.2) is 79.0 Å². The second-order valence-corrected chi connectivity index (χ2v) is 14.3. The van der Waals surface area contributed by atoms with Crippen molar-refractivity contribution in [2.75, 3.05) is 6.61 Å². The van der Waals surface area contributed by atoms with Gasteiger partial charge in [0, 0.05) is 11.8 Å². The topological polar surface area (TPSA) is 189 Å². The molecule has 296 valence electrons. The van der Waals surface area contributed by atoms with Crippen molar-refractivity contribution in [1.29, 1.82) is 0 Å². The lowest BCUT2D eigenvalue weighted by molar-refractivity contribution is -0.157. The molecule has 5 aromatic rings. The number of aromatic nitrogens is 5. The van der Waals surface area contributed by atoms with Gasteiger partial charge in [-0.25, -0.2) is 23.7 Å². The molecule has 4 atom stereocenters. The Hall–Kier alpha value is -6.68. The zero-order chi connectivity index (χ0) is 40.7. The summed E-state index contributed by atoms with van der Waals surface area (Å²) in [7, 11) is 0. The van der Waals surface area contributed by atoms with E-state index in [0.29, 0.717) is 11.3 Å². The summed E-state index contributed by atoms with van der Waals surface area (Å²) in [5.41, 5.74) is -0.887. The molecule has 2 aromatic heterocycles. The molecule has 3 aromatic carbocycles. The molecule has 1 aliphatic heterocycles. The van der Waals surface area contributed by atoms with Crippen LogP contribution in [0, 0.1) is 12.3 Å². The average molecular weight is 780 g/mol. The molecule has 57 heavy (non-hydrogen) atoms. The van der Waals surface area contributed by atoms with Crippen molar-refractivity contribution in [1.82, 2.24) is 24.1 Å². The second-order valence-electron chi connectivity index (χ2n) is 14.3. The minimum atomic E-state index is -1.25. The van der Waals surface area contributed by atoms with Gasteiger partial charge in [0.25, 0.3) is 5.56 Å². The molecule has 0 aliphatic carbocycles. The highest BCUT2D eigenvalue weighted by molar-refractivity contribution is 5.91. The number of ether oxygens (including phenoxy) is 5. The van der Waals surface area contributed by atoms with Gasteiger partial charge in [0.2, 0.25) is 0 Å². The van der Waals surface area contributed by atoms with E-state index in [1.165, 1.54) is 28.7 Å². The Labute approximate surface area is 326 Å². The average Bonchev–Trinajstić information content (AvgIpc) is 3.79. The molecule has 0 radical (unpaired) electrons. The van der Waals surface area contributed by atoms with Gasteiger partial charge in [0.15, 0.2) is 18.9 Å². The predicted octanol–water partition coefficient (Wildman–Crippen LogP) is 3.58. The Morgan fingerprint density at radius 3 is 1.81 bits per heavy atom. The summed E-state index contributed by atoms with van der Waals surface area (Å²) in [5, 5.41) is 8.84. The van der Waals surface area contributed by atoms with Crippen molar-refractivity contribution in [2.24, 2.45) is 5.41 Å². The van der Waals surface area contributed by atoms with E-state index in [2.05, 4.69) is 10.2 Å². The molecule has 0 unspecified atom stereocenters. The maximum Gasteiger partial charge on any atom is 0.338 e. The first-order valence-electron chi connectivity index (χ1n) is 18.1. The molecule has 1 saturated heterocycles. The highest BCUT2D eigenvalue weighted by Gasteiger charge is 2.50. The van der Waals surface area contributed by atoms with Crippen LogP contribution in [0.15, 0.2) is 113 Å². The monoisotopic (exact) mass is 779 g/mol. The van der Waals surface area contributed by atoms with E-state index >= 15 is 0 Å². The van der Waals surface area contributed by atoms with Gasteiger partial charge < -0.3 is 23.7 Å². The first-order chi connectivity index (χ1) is 27.3. The van der Waals surface area contributed by atoms with Crippen LogP contribution < -0.4 is 11.2 Å². The number of carbonyl (C=O) groups is 4. The van der Waals surface area contributed by atoms with Crippen LogP contribution in [0.25, 0.3) is 0 Å². The van der Waals surface area contributed by atoms with E-state index in [1.807, 2.05) is 0 Å². The van der Waals surface area contributed by atoms with Crippen LogP contribution in [0.4, 0.5) is 0 Å². The van der Waals surface area contributed by atoms with Crippen LogP contribution >= 0.6 is 0 Å². The minimum Gasteiger partial charge on any atom is -0.459 e. The molecule has 1 fully saturated rings. The molecule has 0 saturated carbocycles. The molecule has 16 heteroatoms. The maximum absolute atomic E-state index is 13.5. The number of rotatable bonds is 13.